The van der Waals surface area contributed by atoms with Crippen molar-refractivity contribution in [3.8, 4) is 28.4 Å². The Morgan fingerprint density at radius 1 is 1.22 bits per heavy atom. The summed E-state index contributed by atoms with van der Waals surface area (Å²) in [5.41, 5.74) is 2.05. The first kappa shape index (κ1) is 18.5. The number of rotatable bonds is 9. The van der Waals surface area contributed by atoms with Crippen molar-refractivity contribution < 1.29 is 18.4 Å². The minimum Gasteiger partial charge on any atom is -0.491 e. The van der Waals surface area contributed by atoms with E-state index in [1.165, 1.54) is 6.21 Å². The summed E-state index contributed by atoms with van der Waals surface area (Å²) in [7, 11) is 1.59. The molecule has 0 aliphatic carbocycles. The van der Waals surface area contributed by atoms with Gasteiger partial charge in [0.05, 0.1) is 12.3 Å². The highest BCUT2D eigenvalue weighted by molar-refractivity contribution is 5.75. The normalized spacial score (nSPS) is 11.2. The molecule has 0 saturated heterocycles. The molecule has 0 fully saturated rings. The topological polar surface area (TPSA) is 110 Å². The molecular weight excluding hydrogens is 353 g/mol. The molecule has 0 atom stereocenters. The second kappa shape index (κ2) is 8.86. The fraction of sp³-hybridized carbons (Fsp3) is 0.222. The second-order valence-corrected chi connectivity index (χ2v) is 5.43. The van der Waals surface area contributed by atoms with Gasteiger partial charge in [0.25, 0.3) is 5.89 Å². The van der Waals surface area contributed by atoms with Crippen molar-refractivity contribution in [2.45, 2.75) is 6.67 Å². The Hall–Kier alpha value is -3.33. The first-order valence-electron chi connectivity index (χ1n) is 8.12. The largest absolute Gasteiger partial charge is 0.491 e. The highest BCUT2D eigenvalue weighted by Crippen LogP contribution is 2.30. The SMILES string of the molecule is COCCOc1cc(-c2c[nH]c(/C=C\C=N)n2)cc(-c2noc(CF)n2)c1. The van der Waals surface area contributed by atoms with Gasteiger partial charge in [-0.3, -0.25) is 0 Å². The molecule has 8 nitrogen and oxygen atoms in total. The van der Waals surface area contributed by atoms with Gasteiger partial charge in [-0.1, -0.05) is 5.16 Å². The number of nitrogens with one attached hydrogen (secondary N) is 2. The average molecular weight is 371 g/mol. The predicted octanol–water partition coefficient (Wildman–Crippen LogP) is 3.28. The molecule has 27 heavy (non-hydrogen) atoms. The number of methoxy groups -OCH3 is 1. The lowest BCUT2D eigenvalue weighted by atomic mass is 10.1. The number of hydrogen-bond acceptors (Lipinski definition) is 7. The first-order valence-corrected chi connectivity index (χ1v) is 8.12. The van der Waals surface area contributed by atoms with Crippen LogP contribution in [0.5, 0.6) is 5.75 Å². The van der Waals surface area contributed by atoms with E-state index in [1.54, 1.807) is 31.5 Å². The molecule has 0 radical (unpaired) electrons. The maximum atomic E-state index is 12.7. The third-order valence-corrected chi connectivity index (χ3v) is 3.55. The molecule has 3 rings (SSSR count). The lowest BCUT2D eigenvalue weighted by Gasteiger charge is -2.09. The van der Waals surface area contributed by atoms with Gasteiger partial charge in [0.1, 0.15) is 18.2 Å². The van der Waals surface area contributed by atoms with Crippen molar-refractivity contribution in [2.24, 2.45) is 0 Å². The number of alkyl halides is 1. The molecule has 0 aliphatic rings. The fourth-order valence-electron chi connectivity index (χ4n) is 2.34. The Bertz CT molecular complexity index is 935. The van der Waals surface area contributed by atoms with Crippen molar-refractivity contribution in [3.05, 3.63) is 42.2 Å². The third kappa shape index (κ3) is 4.64. The third-order valence-electron chi connectivity index (χ3n) is 3.55. The van der Waals surface area contributed by atoms with E-state index < -0.39 is 6.67 Å². The van der Waals surface area contributed by atoms with Crippen LogP contribution >= 0.6 is 0 Å². The predicted molar refractivity (Wildman–Crippen MR) is 97.3 cm³/mol. The van der Waals surface area contributed by atoms with E-state index in [4.69, 9.17) is 19.4 Å². The second-order valence-electron chi connectivity index (χ2n) is 5.43. The van der Waals surface area contributed by atoms with Gasteiger partial charge in [0.15, 0.2) is 6.67 Å². The van der Waals surface area contributed by atoms with E-state index in [2.05, 4.69) is 20.1 Å². The molecule has 0 unspecified atom stereocenters. The summed E-state index contributed by atoms with van der Waals surface area (Å²) in [6.45, 7) is -0.0179. The summed E-state index contributed by atoms with van der Waals surface area (Å²) in [6.07, 6.45) is 6.16. The van der Waals surface area contributed by atoms with Crippen LogP contribution in [0.2, 0.25) is 0 Å². The van der Waals surface area contributed by atoms with Crippen molar-refractivity contribution in [2.75, 3.05) is 20.3 Å². The van der Waals surface area contributed by atoms with Crippen LogP contribution in [0.3, 0.4) is 0 Å². The first-order chi connectivity index (χ1) is 13.2. The number of nitrogens with zero attached hydrogens (tertiary/aromatic N) is 3. The van der Waals surface area contributed by atoms with Crippen LogP contribution in [-0.4, -0.2) is 46.6 Å². The summed E-state index contributed by atoms with van der Waals surface area (Å²) >= 11 is 0. The lowest BCUT2D eigenvalue weighted by Crippen LogP contribution is -2.04. The van der Waals surface area contributed by atoms with Crippen LogP contribution in [0, 0.1) is 5.41 Å². The molecule has 0 saturated carbocycles. The van der Waals surface area contributed by atoms with Gasteiger partial charge in [0.2, 0.25) is 5.82 Å². The van der Waals surface area contributed by atoms with Gasteiger partial charge in [-0.15, -0.1) is 0 Å². The number of aromatic nitrogens is 4. The van der Waals surface area contributed by atoms with Crippen LogP contribution in [0.25, 0.3) is 28.7 Å². The molecule has 2 N–H and O–H groups in total. The molecule has 1 aromatic carbocycles. The maximum Gasteiger partial charge on any atom is 0.258 e. The molecule has 0 amide bonds. The minimum atomic E-state index is -0.827. The molecule has 9 heteroatoms. The van der Waals surface area contributed by atoms with Gasteiger partial charge >= 0.3 is 0 Å². The molecule has 0 bridgehead atoms. The monoisotopic (exact) mass is 371 g/mol. The molecule has 0 spiro atoms. The fourth-order valence-corrected chi connectivity index (χ4v) is 2.34. The van der Waals surface area contributed by atoms with E-state index in [0.717, 1.165) is 5.56 Å². The number of benzene rings is 1. The molecular formula is C18H18FN5O3. The van der Waals surface area contributed by atoms with Gasteiger partial charge < -0.3 is 24.4 Å². The Kier molecular flexibility index (Phi) is 6.06. The summed E-state index contributed by atoms with van der Waals surface area (Å²) in [5.74, 6) is 1.36. The molecule has 140 valence electrons. The summed E-state index contributed by atoms with van der Waals surface area (Å²) < 4.78 is 28.3. The zero-order chi connectivity index (χ0) is 19.1. The van der Waals surface area contributed by atoms with Crippen LogP contribution in [0.4, 0.5) is 4.39 Å². The Morgan fingerprint density at radius 3 is 2.81 bits per heavy atom. The number of aromatic amines is 1. The van der Waals surface area contributed by atoms with Crippen molar-refractivity contribution in [1.82, 2.24) is 20.1 Å². The molecule has 2 aromatic heterocycles. The number of allylic oxidation sites excluding steroid dienone is 1. The van der Waals surface area contributed by atoms with E-state index >= 15 is 0 Å². The van der Waals surface area contributed by atoms with Gasteiger partial charge in [0, 0.05) is 30.6 Å². The maximum absolute atomic E-state index is 12.7. The zero-order valence-electron chi connectivity index (χ0n) is 14.6. The Labute approximate surface area is 154 Å². The lowest BCUT2D eigenvalue weighted by molar-refractivity contribution is 0.146. The average Bonchev–Trinajstić information content (AvgIpc) is 3.36. The van der Waals surface area contributed by atoms with Gasteiger partial charge in [-0.05, 0) is 30.4 Å². The Morgan fingerprint density at radius 2 is 2.07 bits per heavy atom. The quantitative estimate of drug-likeness (QED) is 0.441. The number of H-pyrrole nitrogens is 1. The summed E-state index contributed by atoms with van der Waals surface area (Å²) in [6, 6.07) is 5.39. The van der Waals surface area contributed by atoms with Crippen molar-refractivity contribution in [3.63, 3.8) is 0 Å². The molecule has 3 aromatic rings. The molecule has 2 heterocycles. The van der Waals surface area contributed by atoms with Crippen molar-refractivity contribution >= 4 is 12.3 Å². The van der Waals surface area contributed by atoms with E-state index in [0.29, 0.717) is 36.0 Å². The number of hydrogen-bond donors (Lipinski definition) is 2. The van der Waals surface area contributed by atoms with Crippen LogP contribution in [-0.2, 0) is 11.4 Å². The highest BCUT2D eigenvalue weighted by atomic mass is 19.1. The molecule has 0 aliphatic heterocycles. The van der Waals surface area contributed by atoms with Crippen LogP contribution in [0.15, 0.2) is 35.0 Å². The minimum absolute atomic E-state index is 0.0870. The standard InChI is InChI=1S/C18H18FN5O3/c1-25-5-6-26-14-8-12(15-11-21-16(22-15)3-2-4-20)7-13(9-14)18-23-17(10-19)27-24-18/h2-4,7-9,11,20H,5-6,10H2,1H3,(H,21,22)/b3-2-,20-4?. The van der Waals surface area contributed by atoms with Gasteiger partial charge in [-0.2, -0.15) is 4.98 Å². The van der Waals surface area contributed by atoms with Gasteiger partial charge in [-0.25, -0.2) is 9.37 Å². The zero-order valence-corrected chi connectivity index (χ0v) is 14.6. The van der Waals surface area contributed by atoms with Crippen LogP contribution in [0.1, 0.15) is 11.7 Å². The van der Waals surface area contributed by atoms with E-state index in [9.17, 15) is 4.39 Å². The van der Waals surface area contributed by atoms with E-state index in [-0.39, 0.29) is 11.7 Å². The summed E-state index contributed by atoms with van der Waals surface area (Å²) in [4.78, 5) is 11.5. The highest BCUT2D eigenvalue weighted by Gasteiger charge is 2.13. The van der Waals surface area contributed by atoms with Crippen LogP contribution < -0.4 is 4.74 Å². The van der Waals surface area contributed by atoms with Crippen molar-refractivity contribution in [1.29, 1.82) is 5.41 Å². The summed E-state index contributed by atoms with van der Waals surface area (Å²) in [5, 5.41) is 10.8. The number of imidazole rings is 1. The number of ether oxygens (including phenoxy) is 2. The Balaban J connectivity index is 1.97. The van der Waals surface area contributed by atoms with E-state index in [1.807, 2.05) is 12.1 Å². The number of halogens is 1. The smallest absolute Gasteiger partial charge is 0.258 e.